The number of hydrogen-bond acceptors (Lipinski definition) is 2. The number of rotatable bonds is 2. The van der Waals surface area contributed by atoms with E-state index in [4.69, 9.17) is 4.74 Å². The van der Waals surface area contributed by atoms with E-state index in [9.17, 15) is 4.79 Å². The maximum atomic E-state index is 12.6. The lowest BCUT2D eigenvalue weighted by Gasteiger charge is -2.27. The maximum absolute atomic E-state index is 12.6. The highest BCUT2D eigenvalue weighted by molar-refractivity contribution is 9.10. The monoisotopic (exact) mass is 359 g/mol. The SMILES string of the molecule is Cc1ccc(C)c(C(=O)NC2CCOc3ccc(Br)cc32)c1. The second-order valence-electron chi connectivity index (χ2n) is 5.66. The molecule has 3 rings (SSSR count). The number of halogens is 1. The van der Waals surface area contributed by atoms with Crippen molar-refractivity contribution in [2.24, 2.45) is 0 Å². The zero-order chi connectivity index (χ0) is 15.7. The predicted molar refractivity (Wildman–Crippen MR) is 90.4 cm³/mol. The number of carbonyl (C=O) groups is 1. The summed E-state index contributed by atoms with van der Waals surface area (Å²) in [5.74, 6) is 0.819. The van der Waals surface area contributed by atoms with E-state index in [1.807, 2.05) is 50.2 Å². The summed E-state index contributed by atoms with van der Waals surface area (Å²) in [5, 5.41) is 3.15. The molecule has 0 radical (unpaired) electrons. The molecule has 1 heterocycles. The van der Waals surface area contributed by atoms with E-state index in [-0.39, 0.29) is 11.9 Å². The lowest BCUT2D eigenvalue weighted by Crippen LogP contribution is -2.32. The number of aryl methyl sites for hydroxylation is 2. The highest BCUT2D eigenvalue weighted by Crippen LogP contribution is 2.34. The van der Waals surface area contributed by atoms with Gasteiger partial charge in [-0.1, -0.05) is 33.6 Å². The van der Waals surface area contributed by atoms with Gasteiger partial charge in [0.1, 0.15) is 5.75 Å². The van der Waals surface area contributed by atoms with Crippen LogP contribution in [0.25, 0.3) is 0 Å². The molecule has 1 N–H and O–H groups in total. The minimum Gasteiger partial charge on any atom is -0.493 e. The molecule has 0 aromatic heterocycles. The zero-order valence-corrected chi connectivity index (χ0v) is 14.2. The molecule has 22 heavy (non-hydrogen) atoms. The summed E-state index contributed by atoms with van der Waals surface area (Å²) in [7, 11) is 0. The van der Waals surface area contributed by atoms with Crippen LogP contribution in [0.5, 0.6) is 5.75 Å². The van der Waals surface area contributed by atoms with Crippen LogP contribution in [0.1, 0.15) is 39.5 Å². The van der Waals surface area contributed by atoms with Crippen molar-refractivity contribution in [3.8, 4) is 5.75 Å². The first-order chi connectivity index (χ1) is 10.5. The summed E-state index contributed by atoms with van der Waals surface area (Å²) in [6, 6.07) is 11.8. The fourth-order valence-electron chi connectivity index (χ4n) is 2.73. The molecule has 1 unspecified atom stereocenters. The smallest absolute Gasteiger partial charge is 0.252 e. The van der Waals surface area contributed by atoms with Crippen molar-refractivity contribution in [2.45, 2.75) is 26.3 Å². The first-order valence-corrected chi connectivity index (χ1v) is 8.14. The standard InChI is InChI=1S/C18H18BrNO2/c1-11-3-4-12(2)14(9-11)18(21)20-16-7-8-22-17-6-5-13(19)10-15(16)17/h3-6,9-10,16H,7-8H2,1-2H3,(H,20,21). The highest BCUT2D eigenvalue weighted by Gasteiger charge is 2.24. The molecule has 0 spiro atoms. The number of ether oxygens (including phenoxy) is 1. The quantitative estimate of drug-likeness (QED) is 0.866. The van der Waals surface area contributed by atoms with Gasteiger partial charge in [-0.15, -0.1) is 0 Å². The predicted octanol–water partition coefficient (Wildman–Crippen LogP) is 4.32. The topological polar surface area (TPSA) is 38.3 Å². The minimum atomic E-state index is -0.0287. The van der Waals surface area contributed by atoms with Crippen molar-refractivity contribution in [3.63, 3.8) is 0 Å². The van der Waals surface area contributed by atoms with E-state index in [0.29, 0.717) is 6.61 Å². The van der Waals surface area contributed by atoms with E-state index >= 15 is 0 Å². The van der Waals surface area contributed by atoms with Crippen LogP contribution in [0.15, 0.2) is 40.9 Å². The van der Waals surface area contributed by atoms with Crippen molar-refractivity contribution in [1.82, 2.24) is 5.32 Å². The van der Waals surface area contributed by atoms with Gasteiger partial charge in [0.2, 0.25) is 0 Å². The Morgan fingerprint density at radius 1 is 1.23 bits per heavy atom. The van der Waals surface area contributed by atoms with E-state index in [0.717, 1.165) is 38.9 Å². The molecule has 1 aliphatic heterocycles. The number of amides is 1. The first kappa shape index (κ1) is 15.1. The molecule has 2 aromatic rings. The average molecular weight is 360 g/mol. The van der Waals surface area contributed by atoms with Crippen LogP contribution in [0.3, 0.4) is 0 Å². The van der Waals surface area contributed by atoms with Crippen LogP contribution in [-0.4, -0.2) is 12.5 Å². The number of benzene rings is 2. The molecule has 1 aliphatic rings. The Morgan fingerprint density at radius 3 is 2.86 bits per heavy atom. The fraction of sp³-hybridized carbons (Fsp3) is 0.278. The Labute approximate surface area is 138 Å². The van der Waals surface area contributed by atoms with Gasteiger partial charge < -0.3 is 10.1 Å². The van der Waals surface area contributed by atoms with Crippen molar-refractivity contribution in [2.75, 3.05) is 6.61 Å². The maximum Gasteiger partial charge on any atom is 0.252 e. The van der Waals surface area contributed by atoms with Crippen LogP contribution in [-0.2, 0) is 0 Å². The van der Waals surface area contributed by atoms with Gasteiger partial charge in [0, 0.05) is 22.0 Å². The van der Waals surface area contributed by atoms with Gasteiger partial charge in [-0.25, -0.2) is 0 Å². The normalized spacial score (nSPS) is 16.6. The van der Waals surface area contributed by atoms with Gasteiger partial charge in [0.05, 0.1) is 12.6 Å². The van der Waals surface area contributed by atoms with E-state index in [1.165, 1.54) is 0 Å². The summed E-state index contributed by atoms with van der Waals surface area (Å²) in [6.45, 7) is 4.58. The lowest BCUT2D eigenvalue weighted by molar-refractivity contribution is 0.0924. The number of hydrogen-bond donors (Lipinski definition) is 1. The number of carbonyl (C=O) groups excluding carboxylic acids is 1. The van der Waals surface area contributed by atoms with Gasteiger partial charge >= 0.3 is 0 Å². The molecule has 0 saturated heterocycles. The Hall–Kier alpha value is -1.81. The second kappa shape index (κ2) is 6.13. The Morgan fingerprint density at radius 2 is 2.05 bits per heavy atom. The second-order valence-corrected chi connectivity index (χ2v) is 6.58. The minimum absolute atomic E-state index is 0.0198. The third-order valence-electron chi connectivity index (χ3n) is 3.95. The Kier molecular flexibility index (Phi) is 4.21. The molecule has 114 valence electrons. The summed E-state index contributed by atoms with van der Waals surface area (Å²) >= 11 is 3.48. The van der Waals surface area contributed by atoms with Gasteiger partial charge in [-0.2, -0.15) is 0 Å². The molecule has 3 nitrogen and oxygen atoms in total. The molecule has 4 heteroatoms. The van der Waals surface area contributed by atoms with Crippen molar-refractivity contribution in [1.29, 1.82) is 0 Å². The molecule has 2 aromatic carbocycles. The highest BCUT2D eigenvalue weighted by atomic mass is 79.9. The van der Waals surface area contributed by atoms with Gasteiger partial charge in [0.15, 0.2) is 0 Å². The number of nitrogens with one attached hydrogen (secondary N) is 1. The summed E-state index contributed by atoms with van der Waals surface area (Å²) < 4.78 is 6.66. The van der Waals surface area contributed by atoms with Crippen LogP contribution >= 0.6 is 15.9 Å². The van der Waals surface area contributed by atoms with Crippen molar-refractivity contribution in [3.05, 3.63) is 63.1 Å². The third kappa shape index (κ3) is 3.02. The molecule has 1 amide bonds. The largest absolute Gasteiger partial charge is 0.493 e. The Bertz CT molecular complexity index is 727. The molecular weight excluding hydrogens is 342 g/mol. The first-order valence-electron chi connectivity index (χ1n) is 7.35. The van der Waals surface area contributed by atoms with Crippen molar-refractivity contribution >= 4 is 21.8 Å². The molecule has 1 atom stereocenters. The number of fused-ring (bicyclic) bond motifs is 1. The van der Waals surface area contributed by atoms with Crippen LogP contribution in [0.2, 0.25) is 0 Å². The zero-order valence-electron chi connectivity index (χ0n) is 12.7. The molecule has 0 bridgehead atoms. The van der Waals surface area contributed by atoms with Crippen LogP contribution in [0, 0.1) is 13.8 Å². The molecule has 0 saturated carbocycles. The van der Waals surface area contributed by atoms with E-state index in [2.05, 4.69) is 21.2 Å². The molecule has 0 fully saturated rings. The van der Waals surface area contributed by atoms with Crippen LogP contribution in [0.4, 0.5) is 0 Å². The fourth-order valence-corrected chi connectivity index (χ4v) is 3.11. The average Bonchev–Trinajstić information content (AvgIpc) is 2.50. The molecular formula is C18H18BrNO2. The van der Waals surface area contributed by atoms with Crippen molar-refractivity contribution < 1.29 is 9.53 Å². The van der Waals surface area contributed by atoms with E-state index in [1.54, 1.807) is 0 Å². The summed E-state index contributed by atoms with van der Waals surface area (Å²) in [4.78, 5) is 12.6. The summed E-state index contributed by atoms with van der Waals surface area (Å²) in [5.41, 5.74) is 3.85. The van der Waals surface area contributed by atoms with Gasteiger partial charge in [0.25, 0.3) is 5.91 Å². The summed E-state index contributed by atoms with van der Waals surface area (Å²) in [6.07, 6.45) is 0.778. The van der Waals surface area contributed by atoms with E-state index < -0.39 is 0 Å². The lowest BCUT2D eigenvalue weighted by atomic mass is 9.99. The van der Waals surface area contributed by atoms with Gasteiger partial charge in [-0.3, -0.25) is 4.79 Å². The third-order valence-corrected chi connectivity index (χ3v) is 4.45. The molecule has 0 aliphatic carbocycles. The Balaban J connectivity index is 1.87. The van der Waals surface area contributed by atoms with Gasteiger partial charge in [-0.05, 0) is 43.7 Å². The van der Waals surface area contributed by atoms with Crippen LogP contribution < -0.4 is 10.1 Å².